The van der Waals surface area contributed by atoms with Gasteiger partial charge in [0.1, 0.15) is 0 Å². The molecule has 0 aliphatic heterocycles. The van der Waals surface area contributed by atoms with E-state index in [-0.39, 0.29) is 11.3 Å². The summed E-state index contributed by atoms with van der Waals surface area (Å²) in [6.07, 6.45) is 22.2. The minimum absolute atomic E-state index is 0.113. The van der Waals surface area contributed by atoms with Crippen LogP contribution in [0.4, 0.5) is 0 Å². The zero-order valence-corrected chi connectivity index (χ0v) is 30.2. The number of nitrogens with zero attached hydrogens (tertiary/aromatic N) is 1. The molecule has 0 aromatic rings. The number of allylic oxidation sites excluding steroid dienone is 4. The summed E-state index contributed by atoms with van der Waals surface area (Å²) in [6, 6.07) is 0. The van der Waals surface area contributed by atoms with Gasteiger partial charge in [-0.15, -0.1) is 0 Å². The van der Waals surface area contributed by atoms with E-state index in [1.165, 1.54) is 69.8 Å². The molecular formula is C41H66N2O3. The normalized spacial score (nSPS) is 45.2. The van der Waals surface area contributed by atoms with E-state index in [0.717, 1.165) is 75.8 Å². The molecule has 0 aromatic heterocycles. The van der Waals surface area contributed by atoms with Gasteiger partial charge in [-0.05, 0) is 153 Å². The quantitative estimate of drug-likeness (QED) is 0.211. The summed E-state index contributed by atoms with van der Waals surface area (Å²) >= 11 is 0. The third-order valence-corrected chi connectivity index (χ3v) is 15.9. The molecule has 2 N–H and O–H groups in total. The van der Waals surface area contributed by atoms with E-state index in [4.69, 9.17) is 4.74 Å². The van der Waals surface area contributed by atoms with Crippen molar-refractivity contribution in [2.75, 3.05) is 39.9 Å². The van der Waals surface area contributed by atoms with E-state index >= 15 is 0 Å². The minimum Gasteiger partial charge on any atom is -0.481 e. The fourth-order valence-electron chi connectivity index (χ4n) is 14.0. The first-order valence-corrected chi connectivity index (χ1v) is 19.6. The van der Waals surface area contributed by atoms with E-state index in [9.17, 15) is 9.90 Å². The molecule has 258 valence electrons. The highest BCUT2D eigenvalue weighted by molar-refractivity contribution is 5.76. The van der Waals surface area contributed by atoms with Gasteiger partial charge >= 0.3 is 5.97 Å². The minimum atomic E-state index is -0.586. The van der Waals surface area contributed by atoms with Crippen LogP contribution in [0.3, 0.4) is 0 Å². The number of carboxylic acids is 1. The molecule has 0 bridgehead atoms. The number of hydrogen-bond acceptors (Lipinski definition) is 4. The molecule has 10 unspecified atom stereocenters. The second-order valence-corrected chi connectivity index (χ2v) is 18.4. The Hall–Kier alpha value is -1.17. The number of rotatable bonds is 12. The van der Waals surface area contributed by atoms with Crippen LogP contribution in [-0.2, 0) is 9.53 Å². The highest BCUT2D eigenvalue weighted by atomic mass is 16.5. The van der Waals surface area contributed by atoms with Crippen LogP contribution in [0, 0.1) is 63.6 Å². The molecule has 0 aromatic carbocycles. The number of ether oxygens (including phenoxy) is 1. The standard InChI is InChI=1S/C41H66N2O3/c1-7-23-46-24-9-21-43(6)22-20-42-41-16-8-10-33(41)28-11-12-35-39(4,32(28)14-19-41)18-15-34-38(2,3)31(13-17-40(34,35)5)27-25-29-30(26-27)36(29)37(44)45/h13,25,28-30,32-36,42H,7-12,14-24,26H2,1-6H3,(H,44,45)/t28?,29?,30?,32?,33-,34?,35?,36?,39?,40?,41?/m1/s1. The van der Waals surface area contributed by atoms with Crippen molar-refractivity contribution in [2.45, 2.75) is 124 Å². The highest BCUT2D eigenvalue weighted by Crippen LogP contribution is 2.73. The van der Waals surface area contributed by atoms with E-state index in [1.807, 2.05) is 0 Å². The smallest absolute Gasteiger partial charge is 0.307 e. The van der Waals surface area contributed by atoms with Crippen LogP contribution in [0.15, 0.2) is 23.3 Å². The third kappa shape index (κ3) is 5.31. The first-order chi connectivity index (χ1) is 22.0. The number of carboxylic acid groups (broad SMARTS) is 1. The zero-order valence-electron chi connectivity index (χ0n) is 30.2. The fraction of sp³-hybridized carbons (Fsp3) is 0.878. The second kappa shape index (κ2) is 12.3. The van der Waals surface area contributed by atoms with Gasteiger partial charge in [-0.25, -0.2) is 0 Å². The first kappa shape index (κ1) is 33.3. The van der Waals surface area contributed by atoms with Crippen molar-refractivity contribution in [3.8, 4) is 0 Å². The summed E-state index contributed by atoms with van der Waals surface area (Å²) in [5, 5.41) is 13.8. The Kier molecular flexibility index (Phi) is 8.92. The molecule has 7 aliphatic carbocycles. The van der Waals surface area contributed by atoms with Gasteiger partial charge in [-0.3, -0.25) is 4.79 Å². The van der Waals surface area contributed by atoms with Crippen LogP contribution >= 0.6 is 0 Å². The van der Waals surface area contributed by atoms with Crippen molar-refractivity contribution in [3.63, 3.8) is 0 Å². The van der Waals surface area contributed by atoms with Gasteiger partial charge in [0.2, 0.25) is 0 Å². The zero-order chi connectivity index (χ0) is 32.5. The van der Waals surface area contributed by atoms with Crippen LogP contribution in [-0.4, -0.2) is 61.4 Å². The number of aliphatic carboxylic acids is 1. The van der Waals surface area contributed by atoms with Crippen molar-refractivity contribution >= 4 is 5.97 Å². The van der Waals surface area contributed by atoms with Crippen LogP contribution in [0.5, 0.6) is 0 Å². The molecule has 0 spiro atoms. The second-order valence-electron chi connectivity index (χ2n) is 18.4. The molecule has 46 heavy (non-hydrogen) atoms. The Labute approximate surface area is 280 Å². The maximum atomic E-state index is 11.6. The molecule has 7 rings (SSSR count). The summed E-state index contributed by atoms with van der Waals surface area (Å²) in [7, 11) is 2.29. The lowest BCUT2D eigenvalue weighted by Crippen LogP contribution is -2.63. The summed E-state index contributed by atoms with van der Waals surface area (Å²) < 4.78 is 5.71. The Morgan fingerprint density at radius 3 is 2.52 bits per heavy atom. The van der Waals surface area contributed by atoms with Crippen LogP contribution in [0.25, 0.3) is 0 Å². The maximum Gasteiger partial charge on any atom is 0.307 e. The number of hydrogen-bond donors (Lipinski definition) is 2. The van der Waals surface area contributed by atoms with Crippen molar-refractivity contribution < 1.29 is 14.6 Å². The van der Waals surface area contributed by atoms with Gasteiger partial charge in [-0.1, -0.05) is 53.2 Å². The lowest BCUT2D eigenvalue weighted by molar-refractivity contribution is -0.175. The average Bonchev–Trinajstić information content (AvgIpc) is 3.29. The molecule has 5 saturated carbocycles. The van der Waals surface area contributed by atoms with E-state index in [0.29, 0.717) is 34.1 Å². The molecule has 0 amide bonds. The Morgan fingerprint density at radius 2 is 1.78 bits per heavy atom. The van der Waals surface area contributed by atoms with Gasteiger partial charge in [0.05, 0.1) is 5.92 Å². The molecule has 5 fully saturated rings. The van der Waals surface area contributed by atoms with Gasteiger partial charge < -0.3 is 20.1 Å². The number of likely N-dealkylation sites (N-methyl/N-ethyl adjacent to an activating group) is 1. The van der Waals surface area contributed by atoms with Gasteiger partial charge in [0.25, 0.3) is 0 Å². The summed E-state index contributed by atoms with van der Waals surface area (Å²) in [5.74, 6) is 4.15. The Bertz CT molecular complexity index is 1220. The molecule has 5 heteroatoms. The Balaban J connectivity index is 1.01. The third-order valence-electron chi connectivity index (χ3n) is 15.9. The lowest BCUT2D eigenvalue weighted by atomic mass is 9.37. The number of fused-ring (bicyclic) bond motifs is 8. The van der Waals surface area contributed by atoms with Crippen molar-refractivity contribution in [1.29, 1.82) is 0 Å². The van der Waals surface area contributed by atoms with E-state index in [2.05, 4.69) is 64.0 Å². The fourth-order valence-corrected chi connectivity index (χ4v) is 14.0. The molecular weight excluding hydrogens is 568 g/mol. The number of nitrogens with one attached hydrogen (secondary N) is 1. The van der Waals surface area contributed by atoms with Crippen LogP contribution in [0.1, 0.15) is 118 Å². The molecule has 0 radical (unpaired) electrons. The Morgan fingerprint density at radius 1 is 0.957 bits per heavy atom. The van der Waals surface area contributed by atoms with Crippen molar-refractivity contribution in [3.05, 3.63) is 23.3 Å². The lowest BCUT2D eigenvalue weighted by Gasteiger charge is -2.68. The molecule has 7 aliphatic rings. The van der Waals surface area contributed by atoms with Crippen LogP contribution < -0.4 is 5.32 Å². The van der Waals surface area contributed by atoms with Crippen LogP contribution in [0.2, 0.25) is 0 Å². The summed E-state index contributed by atoms with van der Waals surface area (Å²) in [5.41, 5.74) is 4.47. The summed E-state index contributed by atoms with van der Waals surface area (Å²) in [6.45, 7) is 17.9. The first-order valence-electron chi connectivity index (χ1n) is 19.6. The van der Waals surface area contributed by atoms with E-state index in [1.54, 1.807) is 5.57 Å². The van der Waals surface area contributed by atoms with Crippen molar-refractivity contribution in [2.24, 2.45) is 63.6 Å². The van der Waals surface area contributed by atoms with Gasteiger partial charge in [0, 0.05) is 38.4 Å². The molecule has 0 heterocycles. The largest absolute Gasteiger partial charge is 0.481 e. The van der Waals surface area contributed by atoms with Crippen molar-refractivity contribution in [1.82, 2.24) is 10.2 Å². The predicted molar refractivity (Wildman–Crippen MR) is 186 cm³/mol. The highest BCUT2D eigenvalue weighted by Gasteiger charge is 2.66. The molecule has 0 saturated heterocycles. The molecule has 5 nitrogen and oxygen atoms in total. The predicted octanol–water partition coefficient (Wildman–Crippen LogP) is 8.36. The average molecular weight is 635 g/mol. The summed E-state index contributed by atoms with van der Waals surface area (Å²) in [4.78, 5) is 14.1. The number of carbonyl (C=O) groups is 1. The van der Waals surface area contributed by atoms with Gasteiger partial charge in [-0.2, -0.15) is 0 Å². The van der Waals surface area contributed by atoms with Gasteiger partial charge in [0.15, 0.2) is 0 Å². The van der Waals surface area contributed by atoms with E-state index < -0.39 is 5.97 Å². The maximum absolute atomic E-state index is 11.6. The SMILES string of the molecule is CCCOCCCN(C)CCNC12CCC[C@@H]1C1CCC3C(C)(CCC4C(C)(C)C(C5=CC6C(C5)C6C(=O)O)=CCC43C)C1CC2. The monoisotopic (exact) mass is 635 g/mol. The molecule has 11 atom stereocenters. The topological polar surface area (TPSA) is 61.8 Å².